The Bertz CT molecular complexity index is 1770. The largest absolute Gasteiger partial charge is 0.405 e. The first-order valence-corrected chi connectivity index (χ1v) is 32.6. The molecule has 0 unspecified atom stereocenters. The van der Waals surface area contributed by atoms with Crippen molar-refractivity contribution in [3.8, 4) is 0 Å². The molecule has 4 aromatic rings. The molecule has 4 rings (SSSR count). The molecule has 0 fully saturated rings. The van der Waals surface area contributed by atoms with Crippen LogP contribution in [0.25, 0.3) is 0 Å². The molecule has 0 bridgehead atoms. The molecule has 7 heteroatoms. The number of unbranched alkanes of at least 4 members (excludes halogenated alkanes) is 26. The highest BCUT2D eigenvalue weighted by molar-refractivity contribution is 6.99. The lowest BCUT2D eigenvalue weighted by molar-refractivity contribution is -0.0473. The quantitative estimate of drug-likeness (QED) is 0.0351. The van der Waals surface area contributed by atoms with E-state index in [0.717, 1.165) is 31.6 Å². The number of aliphatic hydroxyl groups excluding tert-OH is 1. The van der Waals surface area contributed by atoms with Gasteiger partial charge in [-0.15, -0.1) is 0 Å². The van der Waals surface area contributed by atoms with E-state index in [1.54, 1.807) is 0 Å². The second-order valence-electron chi connectivity index (χ2n) is 22.3. The van der Waals surface area contributed by atoms with Crippen LogP contribution in [0, 0.1) is 0 Å². The molecular formula is C68H110O6Si. The van der Waals surface area contributed by atoms with Gasteiger partial charge in [0.25, 0.3) is 8.32 Å². The molecule has 2 atom stereocenters. The summed E-state index contributed by atoms with van der Waals surface area (Å²) in [4.78, 5) is 0. The monoisotopic (exact) mass is 1050 g/mol. The molecule has 0 radical (unpaired) electrons. The first kappa shape index (κ1) is 66.1. The Morgan fingerprint density at radius 3 is 0.987 bits per heavy atom. The van der Waals surface area contributed by atoms with E-state index in [2.05, 4.69) is 120 Å². The van der Waals surface area contributed by atoms with Crippen molar-refractivity contribution in [2.24, 2.45) is 0 Å². The highest BCUT2D eigenvalue weighted by atomic mass is 28.4. The van der Waals surface area contributed by atoms with Crippen molar-refractivity contribution < 1.29 is 28.5 Å². The Kier molecular flexibility index (Phi) is 39.5. The molecule has 422 valence electrons. The van der Waals surface area contributed by atoms with Crippen molar-refractivity contribution in [2.45, 2.75) is 245 Å². The normalized spacial score (nSPS) is 12.6. The second kappa shape index (κ2) is 44.8. The second-order valence-corrected chi connectivity index (χ2v) is 26.6. The highest BCUT2D eigenvalue weighted by Crippen LogP contribution is 2.37. The van der Waals surface area contributed by atoms with E-state index in [0.29, 0.717) is 33.0 Å². The van der Waals surface area contributed by atoms with E-state index < -0.39 is 8.32 Å². The zero-order valence-corrected chi connectivity index (χ0v) is 49.6. The Morgan fingerprint density at radius 1 is 0.373 bits per heavy atom. The third-order valence-corrected chi connectivity index (χ3v) is 19.6. The summed E-state index contributed by atoms with van der Waals surface area (Å²) < 4.78 is 31.4. The zero-order valence-electron chi connectivity index (χ0n) is 48.6. The van der Waals surface area contributed by atoms with Crippen LogP contribution in [0.2, 0.25) is 5.04 Å². The molecule has 0 heterocycles. The SMILES string of the molecule is CCCCCCCCCCCCCCCCO[C@@H](CO)COCc1ccccc1.CCCCCCCCCCCCCCCCO[C@H](COCc1ccccc1)CO[Si](c1ccccc1)(c1ccccc1)C(C)(C)C. The lowest BCUT2D eigenvalue weighted by Gasteiger charge is -2.43. The molecule has 0 saturated carbocycles. The Balaban J connectivity index is 0.000000440. The van der Waals surface area contributed by atoms with Crippen LogP contribution < -0.4 is 10.4 Å². The summed E-state index contributed by atoms with van der Waals surface area (Å²) in [6, 6.07) is 42.3. The maximum absolute atomic E-state index is 9.43. The Morgan fingerprint density at radius 2 is 0.667 bits per heavy atom. The van der Waals surface area contributed by atoms with Gasteiger partial charge in [0.1, 0.15) is 12.2 Å². The minimum atomic E-state index is -2.64. The third kappa shape index (κ3) is 31.1. The molecule has 6 nitrogen and oxygen atoms in total. The molecule has 0 aliphatic carbocycles. The first-order valence-electron chi connectivity index (χ1n) is 30.7. The molecular weight excluding hydrogens is 941 g/mol. The smallest absolute Gasteiger partial charge is 0.261 e. The van der Waals surface area contributed by atoms with Crippen molar-refractivity contribution in [1.82, 2.24) is 0 Å². The summed E-state index contributed by atoms with van der Waals surface area (Å²) in [6.45, 7) is 15.7. The van der Waals surface area contributed by atoms with Gasteiger partial charge in [-0.1, -0.05) is 323 Å². The van der Waals surface area contributed by atoms with E-state index in [1.807, 2.05) is 36.4 Å². The van der Waals surface area contributed by atoms with Crippen molar-refractivity contribution in [3.63, 3.8) is 0 Å². The van der Waals surface area contributed by atoms with Crippen LogP contribution in [0.3, 0.4) is 0 Å². The van der Waals surface area contributed by atoms with Crippen molar-refractivity contribution in [1.29, 1.82) is 0 Å². The van der Waals surface area contributed by atoms with Crippen LogP contribution in [0.5, 0.6) is 0 Å². The van der Waals surface area contributed by atoms with Crippen LogP contribution >= 0.6 is 0 Å². The summed E-state index contributed by atoms with van der Waals surface area (Å²) in [5.41, 5.74) is 2.33. The van der Waals surface area contributed by atoms with Gasteiger partial charge in [-0.3, -0.25) is 0 Å². The van der Waals surface area contributed by atoms with Gasteiger partial charge in [-0.25, -0.2) is 0 Å². The van der Waals surface area contributed by atoms with E-state index in [1.165, 1.54) is 183 Å². The fourth-order valence-corrected chi connectivity index (χ4v) is 14.7. The van der Waals surface area contributed by atoms with Crippen molar-refractivity contribution in [3.05, 3.63) is 132 Å². The maximum atomic E-state index is 9.43. The number of hydrogen-bond donors (Lipinski definition) is 1. The van der Waals surface area contributed by atoms with Crippen LogP contribution in [-0.4, -0.2) is 65.3 Å². The van der Waals surface area contributed by atoms with Gasteiger partial charge < -0.3 is 28.5 Å². The van der Waals surface area contributed by atoms with Gasteiger partial charge in [-0.2, -0.15) is 0 Å². The van der Waals surface area contributed by atoms with Crippen LogP contribution in [0.4, 0.5) is 0 Å². The molecule has 4 aromatic carbocycles. The molecule has 0 aromatic heterocycles. The molecule has 0 aliphatic rings. The Hall–Kier alpha value is -3.14. The molecule has 0 aliphatic heterocycles. The minimum Gasteiger partial charge on any atom is -0.405 e. The van der Waals surface area contributed by atoms with E-state index in [9.17, 15) is 5.11 Å². The summed E-state index contributed by atoms with van der Waals surface area (Å²) in [5, 5.41) is 12.0. The number of rotatable bonds is 46. The first-order chi connectivity index (χ1) is 36.8. The lowest BCUT2D eigenvalue weighted by Crippen LogP contribution is -2.67. The summed E-state index contributed by atoms with van der Waals surface area (Å²) in [5.74, 6) is 0. The lowest BCUT2D eigenvalue weighted by atomic mass is 10.0. The standard InChI is InChI=1S/C42H64O3Si.C26H46O3/c1-5-6-7-8-9-10-11-12-13-14-15-16-17-27-34-44-39(36-43-35-38-28-21-18-22-29-38)37-45-46(42(2,3)4,40-30-23-19-24-31-40)41-32-25-20-26-33-41;1-2-3-4-5-6-7-8-9-10-11-12-13-14-18-21-29-26(22-27)24-28-23-25-19-16-15-17-20-25/h18-26,28-33,39H,5-17,27,34-37H2,1-4H3;15-17,19-20,26-27H,2-14,18,21-24H2,1H3/t39-;26-/m10/s1. The van der Waals surface area contributed by atoms with Gasteiger partial charge in [0.15, 0.2) is 0 Å². The van der Waals surface area contributed by atoms with Crippen LogP contribution in [0.1, 0.15) is 226 Å². The van der Waals surface area contributed by atoms with E-state index >= 15 is 0 Å². The van der Waals surface area contributed by atoms with Crippen LogP contribution in [0.15, 0.2) is 121 Å². The summed E-state index contributed by atoms with van der Waals surface area (Å²) in [6.07, 6.45) is 37.8. The molecule has 1 N–H and O–H groups in total. The summed E-state index contributed by atoms with van der Waals surface area (Å²) in [7, 11) is -2.64. The van der Waals surface area contributed by atoms with Crippen molar-refractivity contribution in [2.75, 3.05) is 39.6 Å². The Labute approximate surface area is 462 Å². The minimum absolute atomic E-state index is 0.0212. The summed E-state index contributed by atoms with van der Waals surface area (Å²) >= 11 is 0. The molecule has 0 amide bonds. The zero-order chi connectivity index (χ0) is 53.6. The molecule has 0 spiro atoms. The van der Waals surface area contributed by atoms with Gasteiger partial charge in [0, 0.05) is 13.2 Å². The van der Waals surface area contributed by atoms with Gasteiger partial charge in [0.05, 0.1) is 39.6 Å². The molecule has 0 saturated heterocycles. The average Bonchev–Trinajstić information content (AvgIpc) is 3.43. The van der Waals surface area contributed by atoms with Gasteiger partial charge in [-0.05, 0) is 39.4 Å². The van der Waals surface area contributed by atoms with Gasteiger partial charge in [0.2, 0.25) is 0 Å². The van der Waals surface area contributed by atoms with E-state index in [-0.39, 0.29) is 23.9 Å². The van der Waals surface area contributed by atoms with Crippen molar-refractivity contribution >= 4 is 18.7 Å². The maximum Gasteiger partial charge on any atom is 0.261 e. The molecule has 75 heavy (non-hydrogen) atoms. The predicted octanol–water partition coefficient (Wildman–Crippen LogP) is 17.7. The fourth-order valence-electron chi connectivity index (χ4n) is 10.1. The topological polar surface area (TPSA) is 66.4 Å². The average molecular weight is 1050 g/mol. The van der Waals surface area contributed by atoms with Crippen LogP contribution in [-0.2, 0) is 36.6 Å². The third-order valence-electron chi connectivity index (χ3n) is 14.6. The number of aliphatic hydroxyl groups is 1. The highest BCUT2D eigenvalue weighted by Gasteiger charge is 2.50. The number of ether oxygens (including phenoxy) is 4. The number of benzene rings is 4. The van der Waals surface area contributed by atoms with Gasteiger partial charge >= 0.3 is 0 Å². The predicted molar refractivity (Wildman–Crippen MR) is 323 cm³/mol. The fraction of sp³-hybridized carbons (Fsp3) is 0.647. The number of hydrogen-bond acceptors (Lipinski definition) is 6. The van der Waals surface area contributed by atoms with E-state index in [4.69, 9.17) is 23.4 Å².